The lowest BCUT2D eigenvalue weighted by Crippen LogP contribution is -2.30. The number of nitrogens with one attached hydrogen (secondary N) is 1. The first-order valence-corrected chi connectivity index (χ1v) is 7.30. The minimum Gasteiger partial charge on any atom is -0.358 e. The number of hydrogen-bond acceptors (Lipinski definition) is 2. The van der Waals surface area contributed by atoms with Gasteiger partial charge < -0.3 is 14.8 Å². The molecule has 1 aliphatic rings. The van der Waals surface area contributed by atoms with E-state index in [-0.39, 0.29) is 6.17 Å². The molecule has 0 bridgehead atoms. The zero-order valence-electron chi connectivity index (χ0n) is 12.6. The van der Waals surface area contributed by atoms with E-state index in [0.717, 1.165) is 0 Å². The van der Waals surface area contributed by atoms with Gasteiger partial charge in [0.1, 0.15) is 6.17 Å². The van der Waals surface area contributed by atoms with Crippen LogP contribution in [0.4, 0.5) is 11.4 Å². The van der Waals surface area contributed by atoms with E-state index in [9.17, 15) is 0 Å². The van der Waals surface area contributed by atoms with Crippen molar-refractivity contribution in [1.82, 2.24) is 4.98 Å². The summed E-state index contributed by atoms with van der Waals surface area (Å²) in [6.07, 6.45) is 0.235. The summed E-state index contributed by atoms with van der Waals surface area (Å²) in [5.41, 5.74) is 6.40. The highest BCUT2D eigenvalue weighted by molar-refractivity contribution is 5.88. The van der Waals surface area contributed by atoms with Crippen LogP contribution in [-0.2, 0) is 0 Å². The molecule has 3 aromatic rings. The molecule has 21 heavy (non-hydrogen) atoms. The molecule has 4 rings (SSSR count). The molecule has 1 aromatic heterocycles. The van der Waals surface area contributed by atoms with Crippen molar-refractivity contribution >= 4 is 22.3 Å². The van der Waals surface area contributed by atoms with Gasteiger partial charge in [0.15, 0.2) is 0 Å². The van der Waals surface area contributed by atoms with E-state index in [1.807, 2.05) is 0 Å². The normalized spacial score (nSPS) is 15.0. The monoisotopic (exact) mass is 277 g/mol. The molecule has 0 unspecified atom stereocenters. The Kier molecular flexibility index (Phi) is 2.52. The van der Waals surface area contributed by atoms with Crippen molar-refractivity contribution in [2.24, 2.45) is 0 Å². The highest BCUT2D eigenvalue weighted by atomic mass is 15.4. The fourth-order valence-electron chi connectivity index (χ4n) is 3.60. The summed E-state index contributed by atoms with van der Waals surface area (Å²) in [6, 6.07) is 17.1. The average molecular weight is 277 g/mol. The Morgan fingerprint density at radius 1 is 0.857 bits per heavy atom. The second kappa shape index (κ2) is 4.29. The Balaban J connectivity index is 1.93. The van der Waals surface area contributed by atoms with Gasteiger partial charge in [0.2, 0.25) is 0 Å². The molecule has 0 amide bonds. The molecule has 1 aliphatic heterocycles. The van der Waals surface area contributed by atoms with Crippen molar-refractivity contribution in [3.63, 3.8) is 0 Å². The van der Waals surface area contributed by atoms with E-state index in [0.29, 0.717) is 0 Å². The third-order valence-corrected chi connectivity index (χ3v) is 4.58. The summed E-state index contributed by atoms with van der Waals surface area (Å²) in [7, 11) is 4.35. The zero-order valence-corrected chi connectivity index (χ0v) is 12.6. The molecule has 1 N–H and O–H groups in total. The van der Waals surface area contributed by atoms with E-state index in [1.54, 1.807) is 0 Å². The van der Waals surface area contributed by atoms with Crippen molar-refractivity contribution in [3.05, 3.63) is 59.8 Å². The van der Waals surface area contributed by atoms with Crippen LogP contribution < -0.4 is 9.80 Å². The van der Waals surface area contributed by atoms with Crippen LogP contribution in [0, 0.1) is 6.92 Å². The first-order chi connectivity index (χ1) is 10.2. The number of fused-ring (bicyclic) bond motifs is 2. The summed E-state index contributed by atoms with van der Waals surface area (Å²) >= 11 is 0. The number of aromatic nitrogens is 1. The van der Waals surface area contributed by atoms with E-state index >= 15 is 0 Å². The van der Waals surface area contributed by atoms with Crippen LogP contribution in [0.1, 0.15) is 17.4 Å². The molecule has 2 aromatic carbocycles. The molecule has 0 fully saturated rings. The molecule has 0 saturated heterocycles. The van der Waals surface area contributed by atoms with Gasteiger partial charge in [0, 0.05) is 36.3 Å². The van der Waals surface area contributed by atoms with Crippen LogP contribution in [0.25, 0.3) is 10.9 Å². The van der Waals surface area contributed by atoms with Gasteiger partial charge in [-0.1, -0.05) is 30.3 Å². The minimum absolute atomic E-state index is 0.235. The van der Waals surface area contributed by atoms with Crippen molar-refractivity contribution in [3.8, 4) is 0 Å². The number of aryl methyl sites for hydroxylation is 1. The number of hydrogen-bond donors (Lipinski definition) is 1. The van der Waals surface area contributed by atoms with Crippen molar-refractivity contribution in [1.29, 1.82) is 0 Å². The maximum atomic E-state index is 3.52. The Labute approximate surface area is 124 Å². The highest BCUT2D eigenvalue weighted by Gasteiger charge is 2.34. The number of H-pyrrole nitrogens is 1. The van der Waals surface area contributed by atoms with Crippen LogP contribution in [0.5, 0.6) is 0 Å². The van der Waals surface area contributed by atoms with Gasteiger partial charge in [0.25, 0.3) is 0 Å². The fourth-order valence-corrected chi connectivity index (χ4v) is 3.60. The Bertz CT molecular complexity index is 789. The van der Waals surface area contributed by atoms with E-state index in [1.165, 1.54) is 33.5 Å². The van der Waals surface area contributed by atoms with Crippen LogP contribution in [0.2, 0.25) is 0 Å². The second-order valence-corrected chi connectivity index (χ2v) is 5.79. The summed E-state index contributed by atoms with van der Waals surface area (Å²) in [6.45, 7) is 2.17. The number of benzene rings is 2. The molecular weight excluding hydrogens is 258 g/mol. The summed E-state index contributed by atoms with van der Waals surface area (Å²) in [5, 5.41) is 1.31. The van der Waals surface area contributed by atoms with Crippen molar-refractivity contribution < 1.29 is 0 Å². The summed E-state index contributed by atoms with van der Waals surface area (Å²) < 4.78 is 0. The molecule has 0 atom stereocenters. The number of aromatic amines is 1. The summed E-state index contributed by atoms with van der Waals surface area (Å²) in [4.78, 5) is 8.24. The smallest absolute Gasteiger partial charge is 0.130 e. The van der Waals surface area contributed by atoms with Gasteiger partial charge in [0.05, 0.1) is 11.4 Å². The predicted octanol–water partition coefficient (Wildman–Crippen LogP) is 4.06. The van der Waals surface area contributed by atoms with E-state index in [2.05, 4.69) is 84.3 Å². The molecule has 0 saturated carbocycles. The minimum atomic E-state index is 0.235. The lowest BCUT2D eigenvalue weighted by molar-refractivity contribution is 0.695. The lowest BCUT2D eigenvalue weighted by Gasteiger charge is -2.28. The van der Waals surface area contributed by atoms with Gasteiger partial charge in [-0.05, 0) is 25.1 Å². The van der Waals surface area contributed by atoms with Gasteiger partial charge in [-0.3, -0.25) is 0 Å². The standard InChI is InChI=1S/C18H19N3/c1-12-17(13-8-4-5-9-14(13)19-12)18-20(2)15-10-6-7-11-16(15)21(18)3/h4-11,18-19H,1-3H3. The van der Waals surface area contributed by atoms with Crippen molar-refractivity contribution in [2.45, 2.75) is 13.1 Å². The SMILES string of the molecule is Cc1[nH]c2ccccc2c1C1N(C)c2ccccc2N1C. The number of para-hydroxylation sites is 3. The number of rotatable bonds is 1. The maximum Gasteiger partial charge on any atom is 0.130 e. The summed E-state index contributed by atoms with van der Waals surface area (Å²) in [5.74, 6) is 0. The van der Waals surface area contributed by atoms with Crippen LogP contribution in [0.3, 0.4) is 0 Å². The average Bonchev–Trinajstić information content (AvgIpc) is 2.95. The third kappa shape index (κ3) is 1.60. The van der Waals surface area contributed by atoms with Gasteiger partial charge in [-0.15, -0.1) is 0 Å². The van der Waals surface area contributed by atoms with E-state index in [4.69, 9.17) is 0 Å². The first kappa shape index (κ1) is 12.3. The van der Waals surface area contributed by atoms with E-state index < -0.39 is 0 Å². The quantitative estimate of drug-likeness (QED) is 0.724. The fraction of sp³-hybridized carbons (Fsp3) is 0.222. The van der Waals surface area contributed by atoms with Crippen molar-refractivity contribution in [2.75, 3.05) is 23.9 Å². The van der Waals surface area contributed by atoms with Gasteiger partial charge in [-0.25, -0.2) is 0 Å². The molecular formula is C18H19N3. The topological polar surface area (TPSA) is 22.3 Å². The Morgan fingerprint density at radius 2 is 1.43 bits per heavy atom. The van der Waals surface area contributed by atoms with Crippen LogP contribution in [-0.4, -0.2) is 19.1 Å². The molecule has 2 heterocycles. The number of nitrogens with zero attached hydrogens (tertiary/aromatic N) is 2. The molecule has 106 valence electrons. The van der Waals surface area contributed by atoms with Gasteiger partial charge in [-0.2, -0.15) is 0 Å². The molecule has 0 spiro atoms. The molecule has 0 radical (unpaired) electrons. The lowest BCUT2D eigenvalue weighted by atomic mass is 10.1. The molecule has 3 heteroatoms. The highest BCUT2D eigenvalue weighted by Crippen LogP contribution is 2.46. The van der Waals surface area contributed by atoms with Gasteiger partial charge >= 0.3 is 0 Å². The second-order valence-electron chi connectivity index (χ2n) is 5.79. The molecule has 0 aliphatic carbocycles. The largest absolute Gasteiger partial charge is 0.358 e. The zero-order chi connectivity index (χ0) is 14.6. The molecule has 3 nitrogen and oxygen atoms in total. The number of anilines is 2. The van der Waals surface area contributed by atoms with Crippen LogP contribution in [0.15, 0.2) is 48.5 Å². The Morgan fingerprint density at radius 3 is 2.10 bits per heavy atom. The third-order valence-electron chi connectivity index (χ3n) is 4.58. The van der Waals surface area contributed by atoms with Crippen LogP contribution >= 0.6 is 0 Å². The Hall–Kier alpha value is -2.42. The predicted molar refractivity (Wildman–Crippen MR) is 89.0 cm³/mol. The first-order valence-electron chi connectivity index (χ1n) is 7.30. The maximum absolute atomic E-state index is 3.52.